The number of urea groups is 1. The van der Waals surface area contributed by atoms with Crippen molar-refractivity contribution in [3.05, 3.63) is 42.0 Å². The smallest absolute Gasteiger partial charge is 0.317 e. The molecule has 3 amide bonds. The van der Waals surface area contributed by atoms with Gasteiger partial charge in [0.25, 0.3) is 5.91 Å². The number of primary amides is 1. The first-order valence-electron chi connectivity index (χ1n) is 8.38. The van der Waals surface area contributed by atoms with Crippen LogP contribution in [-0.2, 0) is 0 Å². The summed E-state index contributed by atoms with van der Waals surface area (Å²) in [6, 6.07) is 10.9. The van der Waals surface area contributed by atoms with Crippen molar-refractivity contribution in [1.82, 2.24) is 10.6 Å². The van der Waals surface area contributed by atoms with Gasteiger partial charge in [0, 0.05) is 11.4 Å². The van der Waals surface area contributed by atoms with Crippen LogP contribution in [0, 0.1) is 5.92 Å². The van der Waals surface area contributed by atoms with E-state index in [4.69, 9.17) is 5.73 Å². The Labute approximate surface area is 150 Å². The van der Waals surface area contributed by atoms with Crippen LogP contribution in [0.4, 0.5) is 9.80 Å². The zero-order valence-electron chi connectivity index (χ0n) is 13.9. The van der Waals surface area contributed by atoms with E-state index in [1.54, 1.807) is 6.07 Å². The maximum absolute atomic E-state index is 12.6. The highest BCUT2D eigenvalue weighted by atomic mass is 32.1. The van der Waals surface area contributed by atoms with Gasteiger partial charge in [-0.05, 0) is 43.5 Å². The van der Waals surface area contributed by atoms with Crippen molar-refractivity contribution >= 4 is 28.3 Å². The number of nitrogens with one attached hydrogen (secondary N) is 3. The maximum Gasteiger partial charge on any atom is 0.317 e. The van der Waals surface area contributed by atoms with Crippen molar-refractivity contribution in [3.8, 4) is 10.4 Å². The zero-order chi connectivity index (χ0) is 17.6. The number of carbonyl (C=O) groups excluding carboxylic acids is 2. The van der Waals surface area contributed by atoms with Crippen molar-refractivity contribution in [2.24, 2.45) is 11.7 Å². The van der Waals surface area contributed by atoms with Gasteiger partial charge in [-0.15, -0.1) is 11.3 Å². The monoisotopic (exact) mass is 358 g/mol. The van der Waals surface area contributed by atoms with E-state index in [9.17, 15) is 9.59 Å². The molecule has 132 valence electrons. The van der Waals surface area contributed by atoms with E-state index in [-0.39, 0.29) is 5.91 Å². The van der Waals surface area contributed by atoms with Crippen molar-refractivity contribution in [2.45, 2.75) is 12.8 Å². The quantitative estimate of drug-likeness (QED) is 0.661. The van der Waals surface area contributed by atoms with Gasteiger partial charge in [-0.3, -0.25) is 10.1 Å². The maximum atomic E-state index is 12.6. The number of hydrogen-bond acceptors (Lipinski definition) is 4. The molecule has 1 aromatic carbocycles. The average molecular weight is 358 g/mol. The normalized spacial score (nSPS) is 17.0. The van der Waals surface area contributed by atoms with Crippen LogP contribution in [-0.4, -0.2) is 31.6 Å². The Morgan fingerprint density at radius 3 is 2.76 bits per heavy atom. The van der Waals surface area contributed by atoms with Gasteiger partial charge in [0.1, 0.15) is 5.00 Å². The van der Waals surface area contributed by atoms with Gasteiger partial charge < -0.3 is 16.4 Å². The minimum absolute atomic E-state index is 0.187. The van der Waals surface area contributed by atoms with Crippen LogP contribution in [0.15, 0.2) is 36.4 Å². The Balaban J connectivity index is 1.76. The van der Waals surface area contributed by atoms with E-state index in [1.807, 2.05) is 30.3 Å². The van der Waals surface area contributed by atoms with Gasteiger partial charge in [0.15, 0.2) is 0 Å². The molecule has 7 heteroatoms. The molecule has 5 N–H and O–H groups in total. The van der Waals surface area contributed by atoms with Crippen LogP contribution in [0.3, 0.4) is 0 Å². The molecule has 0 radical (unpaired) electrons. The summed E-state index contributed by atoms with van der Waals surface area (Å²) in [5.74, 6) is 0.255. The van der Waals surface area contributed by atoms with Crippen molar-refractivity contribution in [1.29, 1.82) is 0 Å². The molecule has 2 aromatic rings. The molecule has 0 bridgehead atoms. The first kappa shape index (κ1) is 17.4. The molecule has 0 spiro atoms. The molecule has 0 aliphatic carbocycles. The van der Waals surface area contributed by atoms with Crippen molar-refractivity contribution in [2.75, 3.05) is 25.0 Å². The van der Waals surface area contributed by atoms with Crippen molar-refractivity contribution < 1.29 is 9.59 Å². The standard InChI is InChI=1S/C18H22N4O2S/c19-18(24)22-17-14(9-15(25-17)13-6-2-1-3-7-13)16(23)21-11-12-5-4-8-20-10-12/h1-3,6-7,9,12,20H,4-5,8,10-11H2,(H,21,23)(H3,19,22,24)/t12-/m0/s1. The van der Waals surface area contributed by atoms with E-state index in [0.717, 1.165) is 36.4 Å². The predicted octanol–water partition coefficient (Wildman–Crippen LogP) is 2.64. The molecule has 1 atom stereocenters. The van der Waals surface area contributed by atoms with Crippen LogP contribution < -0.4 is 21.7 Å². The number of hydrogen-bond donors (Lipinski definition) is 4. The molecule has 0 saturated carbocycles. The lowest BCUT2D eigenvalue weighted by Gasteiger charge is -2.22. The number of thiophene rings is 1. The first-order chi connectivity index (χ1) is 12.1. The summed E-state index contributed by atoms with van der Waals surface area (Å²) in [4.78, 5) is 24.8. The molecule has 1 aliphatic heterocycles. The van der Waals surface area contributed by atoms with Gasteiger partial charge in [0.05, 0.1) is 5.56 Å². The summed E-state index contributed by atoms with van der Waals surface area (Å²) in [5, 5.41) is 9.37. The molecule has 3 rings (SSSR count). The Morgan fingerprint density at radius 1 is 1.28 bits per heavy atom. The Bertz CT molecular complexity index is 739. The molecule has 6 nitrogen and oxygen atoms in total. The largest absolute Gasteiger partial charge is 0.352 e. The second kappa shape index (κ2) is 8.13. The lowest BCUT2D eigenvalue weighted by Crippen LogP contribution is -2.38. The summed E-state index contributed by atoms with van der Waals surface area (Å²) >= 11 is 1.35. The third-order valence-electron chi connectivity index (χ3n) is 4.22. The summed E-state index contributed by atoms with van der Waals surface area (Å²) in [7, 11) is 0. The molecular weight excluding hydrogens is 336 g/mol. The van der Waals surface area contributed by atoms with Crippen molar-refractivity contribution in [3.63, 3.8) is 0 Å². The minimum Gasteiger partial charge on any atom is -0.352 e. The molecule has 1 aliphatic rings. The third kappa shape index (κ3) is 4.58. The Morgan fingerprint density at radius 2 is 2.08 bits per heavy atom. The van der Waals surface area contributed by atoms with Gasteiger partial charge in [-0.2, -0.15) is 0 Å². The topological polar surface area (TPSA) is 96.2 Å². The van der Waals surface area contributed by atoms with E-state index in [2.05, 4.69) is 16.0 Å². The third-order valence-corrected chi connectivity index (χ3v) is 5.32. The summed E-state index contributed by atoms with van der Waals surface area (Å²) < 4.78 is 0. The highest BCUT2D eigenvalue weighted by molar-refractivity contribution is 7.20. The van der Waals surface area contributed by atoms with Crippen LogP contribution in [0.25, 0.3) is 10.4 Å². The Hall–Kier alpha value is -2.38. The molecular formula is C18H22N4O2S. The number of piperidine rings is 1. The molecule has 25 heavy (non-hydrogen) atoms. The highest BCUT2D eigenvalue weighted by Crippen LogP contribution is 2.35. The van der Waals surface area contributed by atoms with E-state index >= 15 is 0 Å². The fraction of sp³-hybridized carbons (Fsp3) is 0.333. The van der Waals surface area contributed by atoms with E-state index in [0.29, 0.717) is 23.0 Å². The fourth-order valence-electron chi connectivity index (χ4n) is 2.94. The molecule has 2 heterocycles. The summed E-state index contributed by atoms with van der Waals surface area (Å²) in [6.45, 7) is 2.59. The van der Waals surface area contributed by atoms with E-state index < -0.39 is 6.03 Å². The van der Waals surface area contributed by atoms with Crippen LogP contribution >= 0.6 is 11.3 Å². The first-order valence-corrected chi connectivity index (χ1v) is 9.20. The molecule has 1 saturated heterocycles. The molecule has 1 fully saturated rings. The number of carbonyl (C=O) groups is 2. The molecule has 0 unspecified atom stereocenters. The van der Waals surface area contributed by atoms with Gasteiger partial charge in [-0.1, -0.05) is 30.3 Å². The second-order valence-corrected chi connectivity index (χ2v) is 7.18. The van der Waals surface area contributed by atoms with E-state index in [1.165, 1.54) is 11.3 Å². The number of anilines is 1. The lowest BCUT2D eigenvalue weighted by atomic mass is 10.00. The zero-order valence-corrected chi connectivity index (χ0v) is 14.7. The summed E-state index contributed by atoms with van der Waals surface area (Å²) in [5.41, 5.74) is 6.70. The number of benzene rings is 1. The number of amides is 3. The Kier molecular flexibility index (Phi) is 5.67. The summed E-state index contributed by atoms with van der Waals surface area (Å²) in [6.07, 6.45) is 2.24. The van der Waals surface area contributed by atoms with Crippen LogP contribution in [0.2, 0.25) is 0 Å². The molecule has 1 aromatic heterocycles. The van der Waals surface area contributed by atoms with Crippen LogP contribution in [0.1, 0.15) is 23.2 Å². The van der Waals surface area contributed by atoms with Gasteiger partial charge in [0.2, 0.25) is 0 Å². The SMILES string of the molecule is NC(=O)Nc1sc(-c2ccccc2)cc1C(=O)NC[C@H]1CCCNC1. The second-order valence-electron chi connectivity index (χ2n) is 6.13. The highest BCUT2D eigenvalue weighted by Gasteiger charge is 2.20. The van der Waals surface area contributed by atoms with Gasteiger partial charge >= 0.3 is 6.03 Å². The van der Waals surface area contributed by atoms with Gasteiger partial charge in [-0.25, -0.2) is 4.79 Å². The lowest BCUT2D eigenvalue weighted by molar-refractivity contribution is 0.0946. The predicted molar refractivity (Wildman–Crippen MR) is 101 cm³/mol. The number of nitrogens with two attached hydrogens (primary N) is 1. The average Bonchev–Trinajstić information content (AvgIpc) is 3.04. The number of rotatable bonds is 5. The van der Waals surface area contributed by atoms with Crippen LogP contribution in [0.5, 0.6) is 0 Å². The minimum atomic E-state index is -0.674. The fourth-order valence-corrected chi connectivity index (χ4v) is 4.00.